The van der Waals surface area contributed by atoms with Gasteiger partial charge in [-0.2, -0.15) is 11.8 Å². The van der Waals surface area contributed by atoms with Gasteiger partial charge in [-0.05, 0) is 38.4 Å². The molecule has 0 aromatic carbocycles. The second-order valence-electron chi connectivity index (χ2n) is 5.04. The van der Waals surface area contributed by atoms with E-state index in [9.17, 15) is 4.79 Å². The summed E-state index contributed by atoms with van der Waals surface area (Å²) in [5.41, 5.74) is 0. The first-order valence-corrected chi connectivity index (χ1v) is 8.20. The minimum atomic E-state index is -0.149. The number of rotatable bonds is 3. The summed E-state index contributed by atoms with van der Waals surface area (Å²) in [4.78, 5) is 13.4. The first kappa shape index (κ1) is 14.0. The van der Waals surface area contributed by atoms with E-state index in [1.807, 2.05) is 11.8 Å². The standard InChI is InChI=1S/C13H24N2O2S/c1-2-17-13(16)15-7-5-11(6-8-15)14-12-4-3-9-18-10-12/h11-12,14H,2-10H2,1H3. The van der Waals surface area contributed by atoms with Gasteiger partial charge in [-0.3, -0.25) is 0 Å². The van der Waals surface area contributed by atoms with E-state index in [1.54, 1.807) is 0 Å². The van der Waals surface area contributed by atoms with Gasteiger partial charge in [0.2, 0.25) is 0 Å². The van der Waals surface area contributed by atoms with Gasteiger partial charge < -0.3 is 15.0 Å². The van der Waals surface area contributed by atoms with Crippen LogP contribution in [-0.4, -0.2) is 54.3 Å². The Kier molecular flexibility index (Phi) is 5.63. The number of nitrogens with one attached hydrogen (secondary N) is 1. The molecule has 0 spiro atoms. The van der Waals surface area contributed by atoms with Crippen molar-refractivity contribution >= 4 is 17.9 Å². The summed E-state index contributed by atoms with van der Waals surface area (Å²) in [5, 5.41) is 3.75. The van der Waals surface area contributed by atoms with Crippen LogP contribution in [0, 0.1) is 0 Å². The first-order chi connectivity index (χ1) is 8.79. The molecule has 0 aliphatic carbocycles. The van der Waals surface area contributed by atoms with Crippen molar-refractivity contribution in [3.05, 3.63) is 0 Å². The van der Waals surface area contributed by atoms with E-state index in [2.05, 4.69) is 17.1 Å². The molecule has 1 unspecified atom stereocenters. The number of nitrogens with zero attached hydrogens (tertiary/aromatic N) is 1. The fourth-order valence-electron chi connectivity index (χ4n) is 2.65. The van der Waals surface area contributed by atoms with Crippen molar-refractivity contribution in [2.75, 3.05) is 31.2 Å². The summed E-state index contributed by atoms with van der Waals surface area (Å²) in [6.45, 7) is 3.98. The van der Waals surface area contributed by atoms with E-state index in [4.69, 9.17) is 4.74 Å². The zero-order valence-corrected chi connectivity index (χ0v) is 12.0. The van der Waals surface area contributed by atoms with Gasteiger partial charge in [0.05, 0.1) is 6.61 Å². The molecule has 104 valence electrons. The number of ether oxygens (including phenoxy) is 1. The topological polar surface area (TPSA) is 41.6 Å². The average molecular weight is 272 g/mol. The highest BCUT2D eigenvalue weighted by molar-refractivity contribution is 7.99. The molecule has 0 aromatic heterocycles. The number of piperidine rings is 1. The SMILES string of the molecule is CCOC(=O)N1CCC(NC2CCCSC2)CC1. The predicted octanol–water partition coefficient (Wildman–Crippen LogP) is 2.09. The summed E-state index contributed by atoms with van der Waals surface area (Å²) in [5.74, 6) is 2.57. The largest absolute Gasteiger partial charge is 0.450 e. The Balaban J connectivity index is 1.68. The number of amides is 1. The smallest absolute Gasteiger partial charge is 0.409 e. The van der Waals surface area contributed by atoms with Crippen LogP contribution in [0.2, 0.25) is 0 Å². The zero-order valence-electron chi connectivity index (χ0n) is 11.2. The van der Waals surface area contributed by atoms with E-state index in [-0.39, 0.29) is 6.09 Å². The lowest BCUT2D eigenvalue weighted by Gasteiger charge is -2.34. The molecule has 2 aliphatic heterocycles. The molecule has 2 saturated heterocycles. The number of hydrogen-bond donors (Lipinski definition) is 1. The fraction of sp³-hybridized carbons (Fsp3) is 0.923. The van der Waals surface area contributed by atoms with E-state index >= 15 is 0 Å². The van der Waals surface area contributed by atoms with Crippen molar-refractivity contribution in [2.45, 2.75) is 44.7 Å². The van der Waals surface area contributed by atoms with Crippen LogP contribution in [0.5, 0.6) is 0 Å². The van der Waals surface area contributed by atoms with Crippen molar-refractivity contribution in [1.29, 1.82) is 0 Å². The second kappa shape index (κ2) is 7.24. The van der Waals surface area contributed by atoms with Crippen LogP contribution in [0.1, 0.15) is 32.6 Å². The Bertz CT molecular complexity index is 262. The van der Waals surface area contributed by atoms with Crippen LogP contribution < -0.4 is 5.32 Å². The van der Waals surface area contributed by atoms with Crippen molar-refractivity contribution < 1.29 is 9.53 Å². The molecule has 2 heterocycles. The van der Waals surface area contributed by atoms with Gasteiger partial charge in [0, 0.05) is 30.9 Å². The molecule has 1 N–H and O–H groups in total. The summed E-state index contributed by atoms with van der Waals surface area (Å²) >= 11 is 2.06. The second-order valence-corrected chi connectivity index (χ2v) is 6.19. The highest BCUT2D eigenvalue weighted by Gasteiger charge is 2.25. The minimum absolute atomic E-state index is 0.149. The van der Waals surface area contributed by atoms with Crippen molar-refractivity contribution in [2.24, 2.45) is 0 Å². The van der Waals surface area contributed by atoms with Gasteiger partial charge in [-0.1, -0.05) is 0 Å². The average Bonchev–Trinajstić information content (AvgIpc) is 2.41. The summed E-state index contributed by atoms with van der Waals surface area (Å²) in [7, 11) is 0. The highest BCUT2D eigenvalue weighted by Crippen LogP contribution is 2.19. The van der Waals surface area contributed by atoms with Gasteiger partial charge in [0.1, 0.15) is 0 Å². The lowest BCUT2D eigenvalue weighted by molar-refractivity contribution is 0.0943. The van der Waals surface area contributed by atoms with Crippen molar-refractivity contribution in [1.82, 2.24) is 10.2 Å². The number of carbonyl (C=O) groups is 1. The van der Waals surface area contributed by atoms with Gasteiger partial charge in [0.15, 0.2) is 0 Å². The number of hydrogen-bond acceptors (Lipinski definition) is 4. The molecule has 2 rings (SSSR count). The third kappa shape index (κ3) is 4.05. The maximum absolute atomic E-state index is 11.6. The summed E-state index contributed by atoms with van der Waals surface area (Å²) in [6.07, 6.45) is 4.61. The predicted molar refractivity (Wildman–Crippen MR) is 75.1 cm³/mol. The lowest BCUT2D eigenvalue weighted by atomic mass is 10.0. The maximum Gasteiger partial charge on any atom is 0.409 e. The molecule has 0 radical (unpaired) electrons. The Labute approximate surface area is 114 Å². The van der Waals surface area contributed by atoms with Crippen molar-refractivity contribution in [3.63, 3.8) is 0 Å². The first-order valence-electron chi connectivity index (χ1n) is 7.05. The number of thioether (sulfide) groups is 1. The Morgan fingerprint density at radius 1 is 1.33 bits per heavy atom. The normalized spacial score (nSPS) is 26.1. The minimum Gasteiger partial charge on any atom is -0.450 e. The lowest BCUT2D eigenvalue weighted by Crippen LogP contribution is -2.49. The molecular formula is C13H24N2O2S. The van der Waals surface area contributed by atoms with E-state index in [1.165, 1.54) is 24.3 Å². The molecule has 0 saturated carbocycles. The third-order valence-electron chi connectivity index (χ3n) is 3.65. The molecule has 4 nitrogen and oxygen atoms in total. The van der Waals surface area contributed by atoms with Crippen LogP contribution in [0.25, 0.3) is 0 Å². The van der Waals surface area contributed by atoms with Crippen molar-refractivity contribution in [3.8, 4) is 0 Å². The molecule has 2 aliphatic rings. The van der Waals surface area contributed by atoms with Crippen LogP contribution in [-0.2, 0) is 4.74 Å². The highest BCUT2D eigenvalue weighted by atomic mass is 32.2. The monoisotopic (exact) mass is 272 g/mol. The van der Waals surface area contributed by atoms with Crippen LogP contribution in [0.15, 0.2) is 0 Å². The summed E-state index contributed by atoms with van der Waals surface area (Å²) in [6, 6.07) is 1.27. The maximum atomic E-state index is 11.6. The van der Waals surface area contributed by atoms with E-state index < -0.39 is 0 Å². The quantitative estimate of drug-likeness (QED) is 0.854. The van der Waals surface area contributed by atoms with E-state index in [0.29, 0.717) is 18.7 Å². The Morgan fingerprint density at radius 2 is 2.11 bits per heavy atom. The van der Waals surface area contributed by atoms with Gasteiger partial charge in [0.25, 0.3) is 0 Å². The fourth-order valence-corrected chi connectivity index (χ4v) is 3.73. The third-order valence-corrected chi connectivity index (χ3v) is 4.87. The molecule has 0 bridgehead atoms. The summed E-state index contributed by atoms with van der Waals surface area (Å²) < 4.78 is 5.03. The number of likely N-dealkylation sites (tertiary alicyclic amines) is 1. The zero-order chi connectivity index (χ0) is 12.8. The number of carbonyl (C=O) groups excluding carboxylic acids is 1. The molecule has 0 aromatic rings. The van der Waals surface area contributed by atoms with Crippen LogP contribution in [0.4, 0.5) is 4.79 Å². The van der Waals surface area contributed by atoms with Gasteiger partial charge >= 0.3 is 6.09 Å². The van der Waals surface area contributed by atoms with Crippen LogP contribution >= 0.6 is 11.8 Å². The van der Waals surface area contributed by atoms with Gasteiger partial charge in [-0.25, -0.2) is 4.79 Å². The molecular weight excluding hydrogens is 248 g/mol. The molecule has 18 heavy (non-hydrogen) atoms. The molecule has 1 atom stereocenters. The van der Waals surface area contributed by atoms with E-state index in [0.717, 1.165) is 25.9 Å². The van der Waals surface area contributed by atoms with Gasteiger partial charge in [-0.15, -0.1) is 0 Å². The Hall–Kier alpha value is -0.420. The molecule has 1 amide bonds. The Morgan fingerprint density at radius 3 is 2.72 bits per heavy atom. The molecule has 5 heteroatoms. The van der Waals surface area contributed by atoms with Crippen LogP contribution in [0.3, 0.4) is 0 Å². The molecule has 2 fully saturated rings.